The number of aromatic nitrogens is 2. The van der Waals surface area contributed by atoms with Crippen LogP contribution >= 0.6 is 0 Å². The Morgan fingerprint density at radius 1 is 1.30 bits per heavy atom. The summed E-state index contributed by atoms with van der Waals surface area (Å²) >= 11 is 0. The van der Waals surface area contributed by atoms with Crippen molar-refractivity contribution in [2.45, 2.75) is 0 Å². The Morgan fingerprint density at radius 3 is 2.40 bits per heavy atom. The molecule has 0 bridgehead atoms. The monoisotopic (exact) mass is 144 g/mol. The highest BCUT2D eigenvalue weighted by Crippen LogP contribution is 2.02. The Morgan fingerprint density at radius 2 is 1.90 bits per heavy atom. The van der Waals surface area contributed by atoms with E-state index >= 15 is 0 Å². The molecule has 6 nitrogen and oxygen atoms in total. The van der Waals surface area contributed by atoms with Crippen LogP contribution in [0.25, 0.3) is 0 Å². The summed E-state index contributed by atoms with van der Waals surface area (Å²) in [6, 6.07) is 0. The van der Waals surface area contributed by atoms with Crippen molar-refractivity contribution < 1.29 is 0 Å². The van der Waals surface area contributed by atoms with Gasteiger partial charge in [0.15, 0.2) is 5.82 Å². The van der Waals surface area contributed by atoms with Gasteiger partial charge in [-0.05, 0) is 0 Å². The first-order valence-electron chi connectivity index (χ1n) is 2.52. The number of nitrogen functional groups attached to an aromatic ring is 3. The van der Waals surface area contributed by atoms with E-state index in [1.54, 1.807) is 0 Å². The molecule has 54 valence electrons. The van der Waals surface area contributed by atoms with Gasteiger partial charge in [0.05, 0.1) is 0 Å². The van der Waals surface area contributed by atoms with Gasteiger partial charge in [-0.1, -0.05) is 0 Å². The summed E-state index contributed by atoms with van der Waals surface area (Å²) in [6.45, 7) is 0. The van der Waals surface area contributed by atoms with E-state index < -0.39 is 5.56 Å². The Balaban J connectivity index is 3.46. The first-order valence-corrected chi connectivity index (χ1v) is 2.52. The zero-order valence-corrected chi connectivity index (χ0v) is 5.09. The van der Waals surface area contributed by atoms with Crippen molar-refractivity contribution in [1.29, 1.82) is 0 Å². The predicted octanol–water partition coefficient (Wildman–Crippen LogP) is -1.48. The fourth-order valence-corrected chi connectivity index (χ4v) is 0.518. The highest BCUT2D eigenvalue weighted by Gasteiger charge is 2.00. The average molecular weight is 144 g/mol. The topological polar surface area (TPSA) is 124 Å². The van der Waals surface area contributed by atoms with E-state index in [9.17, 15) is 4.79 Å². The molecule has 1 aromatic heterocycles. The molecule has 0 fully saturated rings. The van der Waals surface area contributed by atoms with Gasteiger partial charge >= 0.3 is 0 Å². The quantitative estimate of drug-likeness (QED) is 0.330. The SMILES string of the molecule is Nc1n[13c](N)[13c]([15NH2])c(=O)[nH]1. The van der Waals surface area contributed by atoms with Gasteiger partial charge in [0.2, 0.25) is 5.95 Å². The van der Waals surface area contributed by atoms with Crippen LogP contribution in [0, 0.1) is 0 Å². The number of nitrogens with zero attached hydrogens (tertiary/aromatic N) is 1. The molecule has 0 unspecified atom stereocenters. The van der Waals surface area contributed by atoms with Gasteiger partial charge in [-0.3, -0.25) is 9.78 Å². The van der Waals surface area contributed by atoms with E-state index in [2.05, 4.69) is 9.97 Å². The van der Waals surface area contributed by atoms with Gasteiger partial charge in [-0.15, -0.1) is 0 Å². The molecule has 1 rings (SSSR count). The summed E-state index contributed by atoms with van der Waals surface area (Å²) in [5.41, 5.74) is 14.9. The minimum absolute atomic E-state index is 0.0308. The van der Waals surface area contributed by atoms with Gasteiger partial charge in [-0.2, -0.15) is 4.98 Å². The van der Waals surface area contributed by atoms with Gasteiger partial charge in [0, 0.05) is 0 Å². The lowest BCUT2D eigenvalue weighted by Crippen LogP contribution is -2.17. The molecule has 6 heteroatoms. The molecule has 0 spiro atoms. The number of rotatable bonds is 0. The van der Waals surface area contributed by atoms with E-state index in [0.717, 1.165) is 0 Å². The fourth-order valence-electron chi connectivity index (χ4n) is 0.518. The molecule has 0 atom stereocenters. The summed E-state index contributed by atoms with van der Waals surface area (Å²) in [4.78, 5) is 16.4. The average Bonchev–Trinajstić information content (AvgIpc) is 1.82. The number of hydrogen-bond donors (Lipinski definition) is 4. The van der Waals surface area contributed by atoms with Crippen molar-refractivity contribution in [2.24, 2.45) is 0 Å². The highest BCUT2D eigenvalue weighted by atomic mass is 16.1. The minimum atomic E-state index is -0.509. The maximum atomic E-state index is 10.7. The van der Waals surface area contributed by atoms with Crippen molar-refractivity contribution in [3.05, 3.63) is 10.4 Å². The van der Waals surface area contributed by atoms with Crippen LogP contribution in [0.2, 0.25) is 0 Å². The van der Waals surface area contributed by atoms with E-state index in [1.165, 1.54) is 0 Å². The van der Waals surface area contributed by atoms with Gasteiger partial charge < -0.3 is 17.2 Å². The van der Waals surface area contributed by atoms with E-state index in [4.69, 9.17) is 17.2 Å². The number of nitrogens with one attached hydrogen (secondary N) is 1. The molecule has 0 aliphatic carbocycles. The summed E-state index contributed by atoms with van der Waals surface area (Å²) < 4.78 is 0. The summed E-state index contributed by atoms with van der Waals surface area (Å²) in [6.07, 6.45) is 0. The third-order valence-electron chi connectivity index (χ3n) is 1.00. The Hall–Kier alpha value is -1.72. The van der Waals surface area contributed by atoms with E-state index in [-0.39, 0.29) is 17.5 Å². The van der Waals surface area contributed by atoms with Crippen LogP contribution < -0.4 is 22.8 Å². The fraction of sp³-hybridized carbons (Fsp3) is 0. The second-order valence-electron chi connectivity index (χ2n) is 1.75. The molecule has 0 aliphatic rings. The zero-order chi connectivity index (χ0) is 7.72. The minimum Gasteiger partial charge on any atom is -0.391 e. The lowest BCUT2D eigenvalue weighted by Gasteiger charge is -1.96. The van der Waals surface area contributed by atoms with Crippen LogP contribution in [0.5, 0.6) is 0 Å². The molecule has 0 aliphatic heterocycles. The smallest absolute Gasteiger partial charge is 0.277 e. The number of nitrogens with two attached hydrogens (primary N) is 3. The van der Waals surface area contributed by atoms with Crippen LogP contribution in [-0.4, -0.2) is 9.97 Å². The number of aromatic amines is 1. The lowest BCUT2D eigenvalue weighted by atomic mass is 10.9. The highest BCUT2D eigenvalue weighted by molar-refractivity contribution is 5.57. The second-order valence-corrected chi connectivity index (χ2v) is 1.75. The second kappa shape index (κ2) is 1.90. The molecule has 0 saturated carbocycles. The van der Waals surface area contributed by atoms with Crippen LogP contribution in [0.3, 0.4) is 0 Å². The van der Waals surface area contributed by atoms with Gasteiger partial charge in [0.25, 0.3) is 5.56 Å². The Labute approximate surface area is 56.1 Å². The maximum Gasteiger partial charge on any atom is 0.277 e. The third-order valence-corrected chi connectivity index (χ3v) is 1.00. The Bertz CT molecular complexity index is 303. The van der Waals surface area contributed by atoms with Crippen LogP contribution in [-0.2, 0) is 0 Å². The standard InChI is InChI=1S/C4H7N5O/c5-1-2(6)8-4(7)9-3(1)10/h5H2,(H5,6,7,8,9,10)/i1+1,2+1,5+1. The summed E-state index contributed by atoms with van der Waals surface area (Å²) in [5, 5.41) is 0. The Kier molecular flexibility index (Phi) is 1.22. The number of H-pyrrole nitrogens is 1. The molecule has 0 saturated heterocycles. The molecule has 0 amide bonds. The molecular weight excluding hydrogens is 137 g/mol. The maximum absolute atomic E-state index is 10.7. The van der Waals surface area contributed by atoms with E-state index in [0.29, 0.717) is 0 Å². The molecule has 7 N–H and O–H groups in total. The van der Waals surface area contributed by atoms with Crippen LogP contribution in [0.15, 0.2) is 4.79 Å². The van der Waals surface area contributed by atoms with Crippen LogP contribution in [0.4, 0.5) is 17.5 Å². The molecule has 0 radical (unpaired) electrons. The molecule has 10 heavy (non-hydrogen) atoms. The normalized spacial score (nSPS) is 9.60. The van der Waals surface area contributed by atoms with Gasteiger partial charge in [0.1, 0.15) is 5.69 Å². The van der Waals surface area contributed by atoms with Crippen molar-refractivity contribution in [3.63, 3.8) is 0 Å². The van der Waals surface area contributed by atoms with Crippen molar-refractivity contribution >= 4 is 17.5 Å². The third kappa shape index (κ3) is 0.859. The predicted molar refractivity (Wildman–Crippen MR) is 38.1 cm³/mol. The lowest BCUT2D eigenvalue weighted by molar-refractivity contribution is 1.15. The first kappa shape index (κ1) is 6.40. The van der Waals surface area contributed by atoms with Crippen molar-refractivity contribution in [1.82, 2.24) is 9.97 Å². The summed E-state index contributed by atoms with van der Waals surface area (Å²) in [7, 11) is 0. The van der Waals surface area contributed by atoms with Gasteiger partial charge in [-0.25, -0.2) is 0 Å². The van der Waals surface area contributed by atoms with E-state index in [1.807, 2.05) is 0 Å². The van der Waals surface area contributed by atoms with Crippen molar-refractivity contribution in [2.75, 3.05) is 17.2 Å². The first-order chi connectivity index (χ1) is 4.61. The van der Waals surface area contributed by atoms with Crippen molar-refractivity contribution in [3.8, 4) is 0 Å². The zero-order valence-electron chi connectivity index (χ0n) is 5.09. The number of anilines is 3. The molecule has 0 aromatic carbocycles. The number of hydrogen-bond acceptors (Lipinski definition) is 5. The largest absolute Gasteiger partial charge is 0.391 e. The summed E-state index contributed by atoms with van der Waals surface area (Å²) in [5.74, 6) is -0.0713. The van der Waals surface area contributed by atoms with Crippen LogP contribution in [0.1, 0.15) is 0 Å². The molecular formula is C4H7N5O. The molecule has 1 heterocycles. The molecule has 1 aromatic rings.